The van der Waals surface area contributed by atoms with Gasteiger partial charge in [-0.15, -0.1) is 22.7 Å². The monoisotopic (exact) mass is 411 g/mol. The van der Waals surface area contributed by atoms with Crippen molar-refractivity contribution >= 4 is 32.9 Å². The molecule has 1 aliphatic rings. The zero-order chi connectivity index (χ0) is 19.3. The van der Waals surface area contributed by atoms with Gasteiger partial charge in [-0.2, -0.15) is 0 Å². The van der Waals surface area contributed by atoms with Crippen LogP contribution in [-0.4, -0.2) is 21.1 Å². The lowest BCUT2D eigenvalue weighted by molar-refractivity contribution is -0.948. The van der Waals surface area contributed by atoms with Gasteiger partial charge in [-0.3, -0.25) is 4.79 Å². The number of thiophene rings is 2. The standard InChI is InChI=1S/C21H22N4OS2/c1-13(25-10-4-7-16(25)15-6-3-9-24(15)2)19-22-20(26)18-14(12-28-21(18)23-19)17-8-5-11-27-17/h3,5-6,8-9,11-13,16H,4,7,10H2,1-2H3,(H,22,23,26)/p+1/t13-,16+/m0/s1. The molecule has 5 rings (SSSR count). The van der Waals surface area contributed by atoms with Crippen molar-refractivity contribution in [2.24, 2.45) is 7.05 Å². The lowest BCUT2D eigenvalue weighted by Gasteiger charge is -2.27. The van der Waals surface area contributed by atoms with E-state index in [0.717, 1.165) is 33.0 Å². The van der Waals surface area contributed by atoms with E-state index in [1.165, 1.54) is 23.4 Å². The second-order valence-corrected chi connectivity index (χ2v) is 9.35. The van der Waals surface area contributed by atoms with Crippen LogP contribution in [0.2, 0.25) is 0 Å². The number of aryl methyl sites for hydroxylation is 1. The minimum absolute atomic E-state index is 0.0227. The summed E-state index contributed by atoms with van der Waals surface area (Å²) in [4.78, 5) is 24.4. The third kappa shape index (κ3) is 2.85. The van der Waals surface area contributed by atoms with Crippen molar-refractivity contribution in [3.8, 4) is 10.4 Å². The molecule has 1 unspecified atom stereocenters. The number of fused-ring (bicyclic) bond motifs is 1. The molecular formula is C21H23N4OS2+. The van der Waals surface area contributed by atoms with E-state index in [1.807, 2.05) is 11.4 Å². The molecule has 0 aliphatic carbocycles. The summed E-state index contributed by atoms with van der Waals surface area (Å²) in [7, 11) is 2.11. The summed E-state index contributed by atoms with van der Waals surface area (Å²) in [5, 5.41) is 4.82. The van der Waals surface area contributed by atoms with Gasteiger partial charge in [0, 0.05) is 41.9 Å². The van der Waals surface area contributed by atoms with E-state index < -0.39 is 0 Å². The molecule has 5 nitrogen and oxygen atoms in total. The molecule has 1 aliphatic heterocycles. The predicted octanol–water partition coefficient (Wildman–Crippen LogP) is 3.53. The second kappa shape index (κ2) is 6.99. The van der Waals surface area contributed by atoms with Crippen LogP contribution in [-0.2, 0) is 7.05 Å². The third-order valence-corrected chi connectivity index (χ3v) is 7.74. The molecule has 5 heterocycles. The summed E-state index contributed by atoms with van der Waals surface area (Å²) in [5.41, 5.74) is 2.34. The maximum atomic E-state index is 13.0. The van der Waals surface area contributed by atoms with E-state index in [4.69, 9.17) is 4.98 Å². The van der Waals surface area contributed by atoms with Gasteiger partial charge in [0.15, 0.2) is 5.82 Å². The van der Waals surface area contributed by atoms with Gasteiger partial charge in [0.25, 0.3) is 5.56 Å². The molecule has 4 aromatic heterocycles. The van der Waals surface area contributed by atoms with Crippen molar-refractivity contribution < 1.29 is 4.90 Å². The van der Waals surface area contributed by atoms with Gasteiger partial charge in [0.05, 0.1) is 17.6 Å². The van der Waals surface area contributed by atoms with Crippen LogP contribution in [0.5, 0.6) is 0 Å². The topological polar surface area (TPSA) is 55.1 Å². The summed E-state index contributed by atoms with van der Waals surface area (Å²) >= 11 is 3.22. The smallest absolute Gasteiger partial charge is 0.260 e. The Kier molecular flexibility index (Phi) is 4.45. The number of nitrogens with one attached hydrogen (secondary N) is 2. The third-order valence-electron chi connectivity index (χ3n) is 5.96. The minimum Gasteiger partial charge on any atom is -0.350 e. The quantitative estimate of drug-likeness (QED) is 0.540. The van der Waals surface area contributed by atoms with E-state index in [1.54, 1.807) is 22.7 Å². The number of nitrogens with zero attached hydrogens (tertiary/aromatic N) is 2. The summed E-state index contributed by atoms with van der Waals surface area (Å²) in [6.07, 6.45) is 4.48. The van der Waals surface area contributed by atoms with Crippen LogP contribution in [0.25, 0.3) is 20.7 Å². The molecule has 4 aromatic rings. The first-order valence-electron chi connectivity index (χ1n) is 9.65. The molecule has 0 amide bonds. The summed E-state index contributed by atoms with van der Waals surface area (Å²) in [6.45, 7) is 3.29. The van der Waals surface area contributed by atoms with E-state index in [0.29, 0.717) is 6.04 Å². The van der Waals surface area contributed by atoms with Crippen LogP contribution in [0.3, 0.4) is 0 Å². The van der Waals surface area contributed by atoms with Crippen LogP contribution < -0.4 is 10.5 Å². The SMILES string of the molecule is C[C@@H](c1nc2scc(-c3cccs3)c2c(=O)[nH]1)[NH+]1CCC[C@@H]1c1cccn1C. The largest absolute Gasteiger partial charge is 0.350 e. The summed E-state index contributed by atoms with van der Waals surface area (Å²) < 4.78 is 2.22. The maximum absolute atomic E-state index is 13.0. The molecule has 7 heteroatoms. The van der Waals surface area contributed by atoms with Crippen LogP contribution in [0.4, 0.5) is 0 Å². The Balaban J connectivity index is 1.52. The Bertz CT molecular complexity index is 1170. The van der Waals surface area contributed by atoms with Gasteiger partial charge < -0.3 is 14.5 Å². The van der Waals surface area contributed by atoms with Gasteiger partial charge in [0.2, 0.25) is 0 Å². The fourth-order valence-electron chi connectivity index (χ4n) is 4.52. The van der Waals surface area contributed by atoms with Gasteiger partial charge in [0.1, 0.15) is 16.9 Å². The first kappa shape index (κ1) is 17.8. The van der Waals surface area contributed by atoms with Crippen molar-refractivity contribution in [2.45, 2.75) is 31.8 Å². The Hall–Kier alpha value is -2.22. The van der Waals surface area contributed by atoms with E-state index in [2.05, 4.69) is 53.3 Å². The molecule has 0 radical (unpaired) electrons. The number of hydrogen-bond donors (Lipinski definition) is 2. The van der Waals surface area contributed by atoms with E-state index in [-0.39, 0.29) is 11.6 Å². The van der Waals surface area contributed by atoms with Gasteiger partial charge in [-0.1, -0.05) is 6.07 Å². The molecule has 0 saturated carbocycles. The normalized spacial score (nSPS) is 20.8. The fraction of sp³-hybridized carbons (Fsp3) is 0.333. The highest BCUT2D eigenvalue weighted by Crippen LogP contribution is 2.33. The Morgan fingerprint density at radius 1 is 1.32 bits per heavy atom. The van der Waals surface area contributed by atoms with Crippen molar-refractivity contribution in [2.75, 3.05) is 6.54 Å². The molecule has 0 bridgehead atoms. The molecule has 2 N–H and O–H groups in total. The molecule has 1 saturated heterocycles. The fourth-order valence-corrected chi connectivity index (χ4v) is 6.29. The van der Waals surface area contributed by atoms with Crippen molar-refractivity contribution in [3.63, 3.8) is 0 Å². The van der Waals surface area contributed by atoms with Gasteiger partial charge in [-0.05, 0) is 30.5 Å². The average molecular weight is 412 g/mol. The number of aromatic amines is 1. The lowest BCUT2D eigenvalue weighted by Crippen LogP contribution is -3.10. The van der Waals surface area contributed by atoms with E-state index >= 15 is 0 Å². The highest BCUT2D eigenvalue weighted by atomic mass is 32.1. The lowest BCUT2D eigenvalue weighted by atomic mass is 10.1. The Morgan fingerprint density at radius 3 is 2.96 bits per heavy atom. The minimum atomic E-state index is -0.0227. The molecular weight excluding hydrogens is 388 g/mol. The van der Waals surface area contributed by atoms with Crippen LogP contribution in [0.1, 0.15) is 43.4 Å². The predicted molar refractivity (Wildman–Crippen MR) is 115 cm³/mol. The number of aromatic nitrogens is 3. The molecule has 28 heavy (non-hydrogen) atoms. The molecule has 144 valence electrons. The first-order chi connectivity index (χ1) is 13.6. The zero-order valence-electron chi connectivity index (χ0n) is 15.9. The number of hydrogen-bond acceptors (Lipinski definition) is 4. The van der Waals surface area contributed by atoms with Crippen LogP contribution in [0, 0.1) is 0 Å². The van der Waals surface area contributed by atoms with Gasteiger partial charge in [-0.25, -0.2) is 4.98 Å². The van der Waals surface area contributed by atoms with Gasteiger partial charge >= 0.3 is 0 Å². The summed E-state index contributed by atoms with van der Waals surface area (Å²) in [6, 6.07) is 8.99. The number of quaternary nitrogens is 1. The van der Waals surface area contributed by atoms with Crippen molar-refractivity contribution in [1.29, 1.82) is 0 Å². The van der Waals surface area contributed by atoms with Crippen molar-refractivity contribution in [1.82, 2.24) is 14.5 Å². The molecule has 1 fully saturated rings. The highest BCUT2D eigenvalue weighted by molar-refractivity contribution is 7.18. The first-order valence-corrected chi connectivity index (χ1v) is 11.4. The van der Waals surface area contributed by atoms with Crippen LogP contribution in [0.15, 0.2) is 46.0 Å². The zero-order valence-corrected chi connectivity index (χ0v) is 17.6. The summed E-state index contributed by atoms with van der Waals surface area (Å²) in [5.74, 6) is 0.799. The molecule has 0 aromatic carbocycles. The van der Waals surface area contributed by atoms with E-state index in [9.17, 15) is 4.79 Å². The maximum Gasteiger partial charge on any atom is 0.260 e. The Morgan fingerprint density at radius 2 is 2.21 bits per heavy atom. The molecule has 0 spiro atoms. The van der Waals surface area contributed by atoms with Crippen molar-refractivity contribution in [3.05, 3.63) is 63.1 Å². The van der Waals surface area contributed by atoms with Crippen LogP contribution >= 0.6 is 22.7 Å². The molecule has 3 atom stereocenters. The Labute approximate surface area is 171 Å². The number of H-pyrrole nitrogens is 1. The number of rotatable bonds is 4. The number of likely N-dealkylation sites (tertiary alicyclic amines) is 1. The second-order valence-electron chi connectivity index (χ2n) is 7.54. The highest BCUT2D eigenvalue weighted by Gasteiger charge is 2.37. The average Bonchev–Trinajstić information content (AvgIpc) is 3.46.